The number of hydrogen-bond acceptors (Lipinski definition) is 3. The van der Waals surface area contributed by atoms with E-state index in [1.807, 2.05) is 0 Å². The third kappa shape index (κ3) is 3.53. The predicted octanol–water partition coefficient (Wildman–Crippen LogP) is 2.26. The molecule has 0 saturated heterocycles. The van der Waals surface area contributed by atoms with E-state index in [2.05, 4.69) is 5.32 Å². The summed E-state index contributed by atoms with van der Waals surface area (Å²) in [5.41, 5.74) is 0.882. The summed E-state index contributed by atoms with van der Waals surface area (Å²) < 4.78 is 5.58. The van der Waals surface area contributed by atoms with Gasteiger partial charge in [-0.2, -0.15) is 0 Å². The monoisotopic (exact) mass is 323 g/mol. The number of carbonyl (C=O) groups excluding carboxylic acids is 1. The van der Waals surface area contributed by atoms with Crippen LogP contribution in [0.15, 0.2) is 18.2 Å². The van der Waals surface area contributed by atoms with E-state index in [9.17, 15) is 14.7 Å². The van der Waals surface area contributed by atoms with Gasteiger partial charge in [-0.3, -0.25) is 4.79 Å². The maximum absolute atomic E-state index is 12.3. The van der Waals surface area contributed by atoms with Crippen molar-refractivity contribution in [2.45, 2.75) is 31.7 Å². The lowest BCUT2D eigenvalue weighted by Crippen LogP contribution is -2.46. The zero-order valence-electron chi connectivity index (χ0n) is 12.0. The minimum atomic E-state index is -0.972. The van der Waals surface area contributed by atoms with E-state index in [0.29, 0.717) is 23.8 Å². The lowest BCUT2D eigenvalue weighted by molar-refractivity contribution is -0.143. The van der Waals surface area contributed by atoms with Crippen molar-refractivity contribution in [1.82, 2.24) is 5.32 Å². The van der Waals surface area contributed by atoms with Gasteiger partial charge in [-0.25, -0.2) is 4.79 Å². The molecule has 0 aromatic heterocycles. The molecular weight excluding hydrogens is 306 g/mol. The van der Waals surface area contributed by atoms with E-state index in [0.717, 1.165) is 24.2 Å². The van der Waals surface area contributed by atoms with Gasteiger partial charge in [-0.05, 0) is 42.5 Å². The number of rotatable bonds is 5. The molecule has 1 saturated carbocycles. The number of aliphatic carboxylic acids is 1. The minimum Gasteiger partial charge on any atom is -0.492 e. The summed E-state index contributed by atoms with van der Waals surface area (Å²) in [6.07, 6.45) is 3.13. The topological polar surface area (TPSA) is 75.6 Å². The van der Waals surface area contributed by atoms with Gasteiger partial charge >= 0.3 is 5.97 Å². The van der Waals surface area contributed by atoms with Crippen LogP contribution in [0.3, 0.4) is 0 Å². The average Bonchev–Trinajstić information content (AvgIpc) is 3.29. The van der Waals surface area contributed by atoms with Crippen LogP contribution in [-0.2, 0) is 16.0 Å². The second-order valence-corrected chi connectivity index (χ2v) is 6.48. The summed E-state index contributed by atoms with van der Waals surface area (Å²) in [6.45, 7) is 0.260. The SMILES string of the molecule is O=C(NC(CC1CC1)C(=O)O)C1COc2ccc(Cl)cc2C1. The number of ether oxygens (including phenoxy) is 1. The van der Waals surface area contributed by atoms with Gasteiger partial charge in [0.15, 0.2) is 0 Å². The maximum Gasteiger partial charge on any atom is 0.326 e. The molecule has 3 rings (SSSR count). The highest BCUT2D eigenvalue weighted by Crippen LogP contribution is 2.34. The fourth-order valence-electron chi connectivity index (χ4n) is 2.73. The van der Waals surface area contributed by atoms with Crippen LogP contribution in [0.25, 0.3) is 0 Å². The average molecular weight is 324 g/mol. The highest BCUT2D eigenvalue weighted by Gasteiger charge is 2.33. The number of fused-ring (bicyclic) bond motifs is 1. The molecule has 5 nitrogen and oxygen atoms in total. The molecule has 2 aliphatic rings. The second-order valence-electron chi connectivity index (χ2n) is 6.04. The fourth-order valence-corrected chi connectivity index (χ4v) is 2.92. The predicted molar refractivity (Wildman–Crippen MR) is 81.0 cm³/mol. The summed E-state index contributed by atoms with van der Waals surface area (Å²) in [5.74, 6) is -0.448. The van der Waals surface area contributed by atoms with Gasteiger partial charge in [0, 0.05) is 5.02 Å². The van der Waals surface area contributed by atoms with Crippen molar-refractivity contribution in [3.8, 4) is 5.75 Å². The molecular formula is C16H18ClNO4. The van der Waals surface area contributed by atoms with Crippen molar-refractivity contribution < 1.29 is 19.4 Å². The van der Waals surface area contributed by atoms with Gasteiger partial charge in [0.1, 0.15) is 18.4 Å². The summed E-state index contributed by atoms with van der Waals surface area (Å²) in [7, 11) is 0. The molecule has 0 bridgehead atoms. The van der Waals surface area contributed by atoms with E-state index in [1.165, 1.54) is 0 Å². The van der Waals surface area contributed by atoms with Gasteiger partial charge in [0.05, 0.1) is 5.92 Å². The number of carbonyl (C=O) groups is 2. The van der Waals surface area contributed by atoms with Crippen LogP contribution in [0.2, 0.25) is 5.02 Å². The smallest absolute Gasteiger partial charge is 0.326 e. The molecule has 1 heterocycles. The lowest BCUT2D eigenvalue weighted by atomic mass is 9.95. The quantitative estimate of drug-likeness (QED) is 0.871. The third-order valence-electron chi connectivity index (χ3n) is 4.18. The van der Waals surface area contributed by atoms with Gasteiger partial charge in [-0.1, -0.05) is 24.4 Å². The van der Waals surface area contributed by atoms with Crippen molar-refractivity contribution in [3.05, 3.63) is 28.8 Å². The van der Waals surface area contributed by atoms with Crippen molar-refractivity contribution in [2.24, 2.45) is 11.8 Å². The first-order valence-electron chi connectivity index (χ1n) is 7.47. The van der Waals surface area contributed by atoms with Crippen LogP contribution in [0.5, 0.6) is 5.75 Å². The van der Waals surface area contributed by atoms with Crippen molar-refractivity contribution in [1.29, 1.82) is 0 Å². The Bertz CT molecular complexity index is 600. The Hall–Kier alpha value is -1.75. The van der Waals surface area contributed by atoms with E-state index >= 15 is 0 Å². The zero-order valence-corrected chi connectivity index (χ0v) is 12.8. The maximum atomic E-state index is 12.3. The number of nitrogens with one attached hydrogen (secondary N) is 1. The fraction of sp³-hybridized carbons (Fsp3) is 0.500. The summed E-state index contributed by atoms with van der Waals surface area (Å²) >= 11 is 5.96. The summed E-state index contributed by atoms with van der Waals surface area (Å²) in [6, 6.07) is 4.52. The molecule has 0 radical (unpaired) electrons. The molecule has 22 heavy (non-hydrogen) atoms. The molecule has 1 aromatic carbocycles. The van der Waals surface area contributed by atoms with Gasteiger partial charge in [0.25, 0.3) is 0 Å². The first-order valence-corrected chi connectivity index (χ1v) is 7.85. The van der Waals surface area contributed by atoms with Crippen LogP contribution in [0, 0.1) is 11.8 Å². The Morgan fingerprint density at radius 2 is 2.18 bits per heavy atom. The van der Waals surface area contributed by atoms with E-state index in [-0.39, 0.29) is 18.4 Å². The minimum absolute atomic E-state index is 0.260. The first kappa shape index (κ1) is 15.2. The molecule has 0 spiro atoms. The lowest BCUT2D eigenvalue weighted by Gasteiger charge is -2.26. The second kappa shape index (κ2) is 6.16. The normalized spacial score (nSPS) is 21.4. The molecule has 1 aliphatic heterocycles. The van der Waals surface area contributed by atoms with E-state index < -0.39 is 12.0 Å². The number of hydrogen-bond donors (Lipinski definition) is 2. The third-order valence-corrected chi connectivity index (χ3v) is 4.42. The molecule has 1 aromatic rings. The number of carboxylic acid groups (broad SMARTS) is 1. The molecule has 2 unspecified atom stereocenters. The number of halogens is 1. The zero-order chi connectivity index (χ0) is 15.7. The van der Waals surface area contributed by atoms with Crippen LogP contribution in [-0.4, -0.2) is 29.6 Å². The Morgan fingerprint density at radius 1 is 1.41 bits per heavy atom. The van der Waals surface area contributed by atoms with Gasteiger partial charge in [0.2, 0.25) is 5.91 Å². The number of amides is 1. The Morgan fingerprint density at radius 3 is 2.86 bits per heavy atom. The van der Waals surface area contributed by atoms with Crippen molar-refractivity contribution in [3.63, 3.8) is 0 Å². The Labute approximate surface area is 133 Å². The molecule has 6 heteroatoms. The van der Waals surface area contributed by atoms with Crippen molar-refractivity contribution in [2.75, 3.05) is 6.61 Å². The van der Waals surface area contributed by atoms with E-state index in [4.69, 9.17) is 16.3 Å². The standard InChI is InChI=1S/C16H18ClNO4/c17-12-3-4-14-10(7-12)6-11(8-22-14)15(19)18-13(16(20)21)5-9-1-2-9/h3-4,7,9,11,13H,1-2,5-6,8H2,(H,18,19)(H,20,21). The molecule has 118 valence electrons. The molecule has 1 amide bonds. The van der Waals surface area contributed by atoms with E-state index in [1.54, 1.807) is 18.2 Å². The van der Waals surface area contributed by atoms with Crippen LogP contribution < -0.4 is 10.1 Å². The van der Waals surface area contributed by atoms with Crippen molar-refractivity contribution >= 4 is 23.5 Å². The number of benzene rings is 1. The summed E-state index contributed by atoms with van der Waals surface area (Å²) in [5, 5.41) is 12.5. The molecule has 1 fully saturated rings. The molecule has 2 atom stereocenters. The van der Waals surface area contributed by atoms with Crippen LogP contribution >= 0.6 is 11.6 Å². The summed E-state index contributed by atoms with van der Waals surface area (Å²) in [4.78, 5) is 23.6. The Kier molecular flexibility index (Phi) is 4.25. The molecule has 2 N–H and O–H groups in total. The van der Waals surface area contributed by atoms with Crippen LogP contribution in [0.4, 0.5) is 0 Å². The number of carboxylic acids is 1. The highest BCUT2D eigenvalue weighted by atomic mass is 35.5. The van der Waals surface area contributed by atoms with Gasteiger partial charge in [-0.15, -0.1) is 0 Å². The van der Waals surface area contributed by atoms with Gasteiger partial charge < -0.3 is 15.2 Å². The molecule has 1 aliphatic carbocycles. The van der Waals surface area contributed by atoms with Crippen LogP contribution in [0.1, 0.15) is 24.8 Å². The Balaban J connectivity index is 1.63. The largest absolute Gasteiger partial charge is 0.492 e. The highest BCUT2D eigenvalue weighted by molar-refractivity contribution is 6.30. The first-order chi connectivity index (χ1) is 10.5.